The highest BCUT2D eigenvalue weighted by molar-refractivity contribution is 6.12. The van der Waals surface area contributed by atoms with Crippen molar-refractivity contribution >= 4 is 43.7 Å². The van der Waals surface area contributed by atoms with Crippen molar-refractivity contribution in [1.82, 2.24) is 4.57 Å². The van der Waals surface area contributed by atoms with Gasteiger partial charge in [-0.25, -0.2) is 0 Å². The summed E-state index contributed by atoms with van der Waals surface area (Å²) in [4.78, 5) is 0. The second kappa shape index (κ2) is 5.24. The highest BCUT2D eigenvalue weighted by Crippen LogP contribution is 2.37. The number of rotatable bonds is 1. The molecule has 0 unspecified atom stereocenters. The van der Waals surface area contributed by atoms with Crippen molar-refractivity contribution in [2.24, 2.45) is 7.05 Å². The molecular formula is C25H17NO. The molecule has 0 bridgehead atoms. The number of para-hydroxylation sites is 3. The molecule has 128 valence electrons. The third-order valence-corrected chi connectivity index (χ3v) is 5.63. The van der Waals surface area contributed by atoms with E-state index in [9.17, 15) is 0 Å². The van der Waals surface area contributed by atoms with Crippen LogP contribution in [0.5, 0.6) is 0 Å². The quantitative estimate of drug-likeness (QED) is 0.316. The second-order valence-electron chi connectivity index (χ2n) is 7.09. The maximum Gasteiger partial charge on any atom is 0.143 e. The molecule has 0 fully saturated rings. The van der Waals surface area contributed by atoms with Crippen LogP contribution in [-0.2, 0) is 7.05 Å². The predicted octanol–water partition coefficient (Wildman–Crippen LogP) is 6.90. The summed E-state index contributed by atoms with van der Waals surface area (Å²) in [6.45, 7) is 0. The summed E-state index contributed by atoms with van der Waals surface area (Å²) in [6, 6.07) is 29.9. The van der Waals surface area contributed by atoms with Crippen LogP contribution in [0.4, 0.5) is 0 Å². The molecule has 2 heteroatoms. The molecule has 0 saturated heterocycles. The maximum absolute atomic E-state index is 6.23. The van der Waals surface area contributed by atoms with Gasteiger partial charge in [0.2, 0.25) is 0 Å². The van der Waals surface area contributed by atoms with Gasteiger partial charge >= 0.3 is 0 Å². The molecule has 2 nitrogen and oxygen atoms in total. The Morgan fingerprint density at radius 2 is 1.37 bits per heavy atom. The Hall–Kier alpha value is -3.52. The van der Waals surface area contributed by atoms with Crippen LogP contribution < -0.4 is 0 Å². The van der Waals surface area contributed by atoms with E-state index in [1.165, 1.54) is 38.1 Å². The molecule has 6 aromatic rings. The summed E-state index contributed by atoms with van der Waals surface area (Å²) >= 11 is 0. The summed E-state index contributed by atoms with van der Waals surface area (Å²) in [5.74, 6) is 0. The van der Waals surface area contributed by atoms with Gasteiger partial charge < -0.3 is 8.98 Å². The number of aryl methyl sites for hydroxylation is 1. The number of fused-ring (bicyclic) bond motifs is 6. The largest absolute Gasteiger partial charge is 0.455 e. The zero-order valence-corrected chi connectivity index (χ0v) is 14.9. The van der Waals surface area contributed by atoms with Crippen LogP contribution in [0.1, 0.15) is 0 Å². The van der Waals surface area contributed by atoms with Crippen molar-refractivity contribution in [3.05, 3.63) is 84.9 Å². The lowest BCUT2D eigenvalue weighted by Gasteiger charge is -2.05. The molecule has 6 rings (SSSR count). The lowest BCUT2D eigenvalue weighted by molar-refractivity contribution is 0.670. The van der Waals surface area contributed by atoms with Gasteiger partial charge in [-0.1, -0.05) is 66.7 Å². The summed E-state index contributed by atoms with van der Waals surface area (Å²) in [5, 5.41) is 4.91. The SMILES string of the molecule is Cn1c2ccccc2c2ccc(-c3cccc4c3oc3ccccc34)cc21. The first-order chi connectivity index (χ1) is 13.3. The van der Waals surface area contributed by atoms with Crippen LogP contribution in [-0.4, -0.2) is 4.57 Å². The Balaban J connectivity index is 1.68. The molecule has 0 atom stereocenters. The van der Waals surface area contributed by atoms with E-state index in [-0.39, 0.29) is 0 Å². The van der Waals surface area contributed by atoms with Gasteiger partial charge in [-0.2, -0.15) is 0 Å². The number of furan rings is 1. The zero-order valence-electron chi connectivity index (χ0n) is 14.9. The van der Waals surface area contributed by atoms with Crippen molar-refractivity contribution in [2.45, 2.75) is 0 Å². The molecular weight excluding hydrogens is 330 g/mol. The molecule has 0 saturated carbocycles. The molecule has 0 spiro atoms. The van der Waals surface area contributed by atoms with Gasteiger partial charge in [0.25, 0.3) is 0 Å². The fourth-order valence-electron chi connectivity index (χ4n) is 4.30. The summed E-state index contributed by atoms with van der Waals surface area (Å²) in [7, 11) is 2.14. The minimum atomic E-state index is 0.936. The summed E-state index contributed by atoms with van der Waals surface area (Å²) in [5.41, 5.74) is 6.70. The average molecular weight is 347 g/mol. The van der Waals surface area contributed by atoms with Crippen LogP contribution in [0.3, 0.4) is 0 Å². The van der Waals surface area contributed by atoms with Crippen LogP contribution in [0.2, 0.25) is 0 Å². The van der Waals surface area contributed by atoms with Gasteiger partial charge in [-0.15, -0.1) is 0 Å². The Morgan fingerprint density at radius 3 is 2.30 bits per heavy atom. The molecule has 0 aliphatic heterocycles. The predicted molar refractivity (Wildman–Crippen MR) is 113 cm³/mol. The van der Waals surface area contributed by atoms with Crippen LogP contribution >= 0.6 is 0 Å². The normalized spacial score (nSPS) is 11.9. The lowest BCUT2D eigenvalue weighted by Crippen LogP contribution is -1.87. The van der Waals surface area contributed by atoms with E-state index >= 15 is 0 Å². The fraction of sp³-hybridized carbons (Fsp3) is 0.0400. The second-order valence-corrected chi connectivity index (χ2v) is 7.09. The van der Waals surface area contributed by atoms with E-state index in [0.717, 1.165) is 16.7 Å². The topological polar surface area (TPSA) is 18.1 Å². The molecule has 27 heavy (non-hydrogen) atoms. The van der Waals surface area contributed by atoms with Gasteiger partial charge in [-0.3, -0.25) is 0 Å². The molecule has 2 aromatic heterocycles. The van der Waals surface area contributed by atoms with E-state index in [0.29, 0.717) is 0 Å². The zero-order chi connectivity index (χ0) is 18.0. The molecule has 0 amide bonds. The van der Waals surface area contributed by atoms with Gasteiger partial charge in [0, 0.05) is 45.2 Å². The first-order valence-electron chi connectivity index (χ1n) is 9.19. The minimum Gasteiger partial charge on any atom is -0.455 e. The molecule has 0 radical (unpaired) electrons. The number of aromatic nitrogens is 1. The van der Waals surface area contributed by atoms with Gasteiger partial charge in [0.05, 0.1) is 0 Å². The number of hydrogen-bond acceptors (Lipinski definition) is 1. The standard InChI is InChI=1S/C25H17NO/c1-26-22-11-4-2-7-18(22)19-14-13-16(15-23(19)26)17-9-6-10-21-20-8-3-5-12-24(20)27-25(17)21/h2-15H,1H3. The van der Waals surface area contributed by atoms with E-state index < -0.39 is 0 Å². The Bertz CT molecular complexity index is 1480. The van der Waals surface area contributed by atoms with Crippen molar-refractivity contribution in [3.63, 3.8) is 0 Å². The van der Waals surface area contributed by atoms with Crippen molar-refractivity contribution in [2.75, 3.05) is 0 Å². The van der Waals surface area contributed by atoms with E-state index in [4.69, 9.17) is 4.42 Å². The van der Waals surface area contributed by atoms with Gasteiger partial charge in [0.15, 0.2) is 0 Å². The Labute approximate surface area is 156 Å². The van der Waals surface area contributed by atoms with Crippen molar-refractivity contribution < 1.29 is 4.42 Å². The van der Waals surface area contributed by atoms with E-state index in [2.05, 4.69) is 84.4 Å². The monoisotopic (exact) mass is 347 g/mol. The molecule has 0 aliphatic rings. The molecule has 4 aromatic carbocycles. The summed E-state index contributed by atoms with van der Waals surface area (Å²) in [6.07, 6.45) is 0. The third kappa shape index (κ3) is 1.95. The van der Waals surface area contributed by atoms with Gasteiger partial charge in [-0.05, 0) is 23.8 Å². The number of benzene rings is 4. The lowest BCUT2D eigenvalue weighted by atomic mass is 10.0. The molecule has 0 N–H and O–H groups in total. The van der Waals surface area contributed by atoms with Crippen LogP contribution in [0, 0.1) is 0 Å². The smallest absolute Gasteiger partial charge is 0.143 e. The average Bonchev–Trinajstić information content (AvgIpc) is 3.24. The highest BCUT2D eigenvalue weighted by atomic mass is 16.3. The molecule has 2 heterocycles. The maximum atomic E-state index is 6.23. The number of hydrogen-bond donors (Lipinski definition) is 0. The fourth-order valence-corrected chi connectivity index (χ4v) is 4.30. The first-order valence-corrected chi connectivity index (χ1v) is 9.19. The van der Waals surface area contributed by atoms with Gasteiger partial charge in [0.1, 0.15) is 11.2 Å². The highest BCUT2D eigenvalue weighted by Gasteiger charge is 2.14. The van der Waals surface area contributed by atoms with E-state index in [1.54, 1.807) is 0 Å². The van der Waals surface area contributed by atoms with E-state index in [1.807, 2.05) is 12.1 Å². The Morgan fingerprint density at radius 1 is 0.630 bits per heavy atom. The third-order valence-electron chi connectivity index (χ3n) is 5.63. The minimum absolute atomic E-state index is 0.936. The van der Waals surface area contributed by atoms with Crippen LogP contribution in [0.25, 0.3) is 54.9 Å². The van der Waals surface area contributed by atoms with Crippen LogP contribution in [0.15, 0.2) is 89.3 Å². The summed E-state index contributed by atoms with van der Waals surface area (Å²) < 4.78 is 8.50. The molecule has 0 aliphatic carbocycles. The van der Waals surface area contributed by atoms with Crippen molar-refractivity contribution in [1.29, 1.82) is 0 Å². The first kappa shape index (κ1) is 14.6. The Kier molecular flexibility index (Phi) is 2.84. The van der Waals surface area contributed by atoms with Crippen molar-refractivity contribution in [3.8, 4) is 11.1 Å². The number of nitrogens with zero attached hydrogens (tertiary/aromatic N) is 1.